The summed E-state index contributed by atoms with van der Waals surface area (Å²) < 4.78 is 9.28. The van der Waals surface area contributed by atoms with Crippen LogP contribution in [0, 0.1) is 0 Å². The Kier molecular flexibility index (Phi) is 5.54. The van der Waals surface area contributed by atoms with Gasteiger partial charge in [0.1, 0.15) is 0 Å². The largest absolute Gasteiger partial charge is 0.465 e. The summed E-state index contributed by atoms with van der Waals surface area (Å²) in [5, 5.41) is 12.2. The number of carbonyl (C=O) groups is 4. The standard InChI is InChI=1S/C19H16N4O6/c1-28-18(26)10-4-6-13(19(27)29-2)15(7-10)22-17(25)16(24)21-12-5-3-11-9-20-23-14(11)8-12/h3-9H,1-2H3,(H,20,23)(H,21,24)(H,22,25). The Bertz CT molecular complexity index is 1120. The number of nitrogens with zero attached hydrogens (tertiary/aromatic N) is 1. The molecule has 0 atom stereocenters. The highest BCUT2D eigenvalue weighted by molar-refractivity contribution is 6.44. The molecule has 3 N–H and O–H groups in total. The van der Waals surface area contributed by atoms with E-state index in [2.05, 4.69) is 30.3 Å². The van der Waals surface area contributed by atoms with Crippen molar-refractivity contribution in [1.29, 1.82) is 0 Å². The SMILES string of the molecule is COC(=O)c1ccc(C(=O)OC)c(NC(=O)C(=O)Nc2ccc3cn[nH]c3c2)c1. The molecule has 0 unspecified atom stereocenters. The number of carbonyl (C=O) groups excluding carboxylic acids is 4. The van der Waals surface area contributed by atoms with Crippen molar-refractivity contribution in [3.8, 4) is 0 Å². The van der Waals surface area contributed by atoms with Gasteiger partial charge in [-0.3, -0.25) is 14.7 Å². The quantitative estimate of drug-likeness (QED) is 0.450. The van der Waals surface area contributed by atoms with E-state index in [-0.39, 0.29) is 16.8 Å². The average molecular weight is 396 g/mol. The van der Waals surface area contributed by atoms with Crippen LogP contribution in [0.5, 0.6) is 0 Å². The van der Waals surface area contributed by atoms with E-state index in [0.29, 0.717) is 11.2 Å². The molecule has 0 spiro atoms. The second kappa shape index (κ2) is 8.21. The van der Waals surface area contributed by atoms with Crippen molar-refractivity contribution < 1.29 is 28.7 Å². The zero-order chi connectivity index (χ0) is 21.0. The molecule has 10 heteroatoms. The maximum absolute atomic E-state index is 12.3. The van der Waals surface area contributed by atoms with E-state index in [4.69, 9.17) is 0 Å². The highest BCUT2D eigenvalue weighted by Crippen LogP contribution is 2.20. The molecule has 2 amide bonds. The molecule has 3 rings (SSSR count). The van der Waals surface area contributed by atoms with E-state index in [0.717, 1.165) is 5.39 Å². The fraction of sp³-hybridized carbons (Fsp3) is 0.105. The molecule has 1 heterocycles. The number of hydrogen-bond donors (Lipinski definition) is 3. The molecule has 148 valence electrons. The molecule has 29 heavy (non-hydrogen) atoms. The fourth-order valence-corrected chi connectivity index (χ4v) is 2.56. The lowest BCUT2D eigenvalue weighted by Crippen LogP contribution is -2.30. The Morgan fingerprint density at radius 2 is 1.62 bits per heavy atom. The van der Waals surface area contributed by atoms with Gasteiger partial charge in [0.15, 0.2) is 0 Å². The lowest BCUT2D eigenvalue weighted by Gasteiger charge is -2.11. The van der Waals surface area contributed by atoms with Crippen LogP contribution in [0.15, 0.2) is 42.6 Å². The number of amides is 2. The van der Waals surface area contributed by atoms with Crippen LogP contribution < -0.4 is 10.6 Å². The van der Waals surface area contributed by atoms with Crippen LogP contribution in [0.3, 0.4) is 0 Å². The lowest BCUT2D eigenvalue weighted by atomic mass is 10.1. The third-order valence-corrected chi connectivity index (χ3v) is 4.00. The molecule has 0 aliphatic carbocycles. The van der Waals surface area contributed by atoms with Gasteiger partial charge in [-0.05, 0) is 36.4 Å². The first-order chi connectivity index (χ1) is 13.9. The van der Waals surface area contributed by atoms with Crippen LogP contribution in [0.1, 0.15) is 20.7 Å². The van der Waals surface area contributed by atoms with Gasteiger partial charge in [0, 0.05) is 11.1 Å². The van der Waals surface area contributed by atoms with E-state index < -0.39 is 23.8 Å². The third-order valence-electron chi connectivity index (χ3n) is 4.00. The number of fused-ring (bicyclic) bond motifs is 1. The Hall–Kier alpha value is -4.21. The van der Waals surface area contributed by atoms with Crippen molar-refractivity contribution in [3.63, 3.8) is 0 Å². The number of hydrogen-bond acceptors (Lipinski definition) is 7. The molecular weight excluding hydrogens is 380 g/mol. The second-order valence-electron chi connectivity index (χ2n) is 5.82. The second-order valence-corrected chi connectivity index (χ2v) is 5.82. The molecule has 0 radical (unpaired) electrons. The Morgan fingerprint density at radius 3 is 2.34 bits per heavy atom. The van der Waals surface area contributed by atoms with Crippen LogP contribution in [0.25, 0.3) is 10.9 Å². The van der Waals surface area contributed by atoms with Crippen LogP contribution in [0.2, 0.25) is 0 Å². The summed E-state index contributed by atoms with van der Waals surface area (Å²) in [5.41, 5.74) is 1.05. The van der Waals surface area contributed by atoms with Gasteiger partial charge in [0.05, 0.1) is 42.7 Å². The van der Waals surface area contributed by atoms with Crippen molar-refractivity contribution >= 4 is 46.0 Å². The number of aromatic amines is 1. The van der Waals surface area contributed by atoms with E-state index in [9.17, 15) is 19.2 Å². The fourth-order valence-electron chi connectivity index (χ4n) is 2.56. The first-order valence-electron chi connectivity index (χ1n) is 8.29. The van der Waals surface area contributed by atoms with Crippen LogP contribution in [-0.4, -0.2) is 48.2 Å². The molecule has 10 nitrogen and oxygen atoms in total. The summed E-state index contributed by atoms with van der Waals surface area (Å²) in [5.74, 6) is -3.43. The highest BCUT2D eigenvalue weighted by Gasteiger charge is 2.21. The van der Waals surface area contributed by atoms with Gasteiger partial charge in [0.25, 0.3) is 0 Å². The maximum Gasteiger partial charge on any atom is 0.339 e. The summed E-state index contributed by atoms with van der Waals surface area (Å²) in [6.07, 6.45) is 1.62. The Labute approximate surface area is 164 Å². The number of anilines is 2. The molecular formula is C19H16N4O6. The number of aromatic nitrogens is 2. The zero-order valence-electron chi connectivity index (χ0n) is 15.4. The van der Waals surface area contributed by atoms with Gasteiger partial charge in [0.2, 0.25) is 0 Å². The number of esters is 2. The molecule has 0 aliphatic heterocycles. The number of benzene rings is 2. The molecule has 3 aromatic rings. The lowest BCUT2D eigenvalue weighted by molar-refractivity contribution is -0.133. The van der Waals surface area contributed by atoms with Crippen molar-refractivity contribution in [2.24, 2.45) is 0 Å². The number of nitrogens with one attached hydrogen (secondary N) is 3. The maximum atomic E-state index is 12.3. The molecule has 0 bridgehead atoms. The summed E-state index contributed by atoms with van der Waals surface area (Å²) in [7, 11) is 2.36. The van der Waals surface area contributed by atoms with Gasteiger partial charge < -0.3 is 20.1 Å². The molecule has 0 saturated carbocycles. The summed E-state index contributed by atoms with van der Waals surface area (Å²) >= 11 is 0. The highest BCUT2D eigenvalue weighted by atomic mass is 16.5. The smallest absolute Gasteiger partial charge is 0.339 e. The van der Waals surface area contributed by atoms with Gasteiger partial charge >= 0.3 is 23.8 Å². The van der Waals surface area contributed by atoms with Crippen LogP contribution >= 0.6 is 0 Å². The number of ether oxygens (including phenoxy) is 2. The van der Waals surface area contributed by atoms with Crippen molar-refractivity contribution in [2.75, 3.05) is 24.9 Å². The normalized spacial score (nSPS) is 10.3. The molecule has 0 fully saturated rings. The zero-order valence-corrected chi connectivity index (χ0v) is 15.4. The molecule has 1 aromatic heterocycles. The van der Waals surface area contributed by atoms with Crippen molar-refractivity contribution in [3.05, 3.63) is 53.7 Å². The van der Waals surface area contributed by atoms with Gasteiger partial charge in [-0.2, -0.15) is 5.10 Å². The molecule has 2 aromatic carbocycles. The van der Waals surface area contributed by atoms with Crippen LogP contribution in [-0.2, 0) is 19.1 Å². The minimum absolute atomic E-state index is 0.0276. The van der Waals surface area contributed by atoms with E-state index in [1.165, 1.54) is 32.4 Å². The predicted molar refractivity (Wildman–Crippen MR) is 102 cm³/mol. The average Bonchev–Trinajstić information content (AvgIpc) is 3.20. The monoisotopic (exact) mass is 396 g/mol. The first-order valence-corrected chi connectivity index (χ1v) is 8.29. The topological polar surface area (TPSA) is 139 Å². The summed E-state index contributed by atoms with van der Waals surface area (Å²) in [6.45, 7) is 0. The van der Waals surface area contributed by atoms with Crippen molar-refractivity contribution in [2.45, 2.75) is 0 Å². The van der Waals surface area contributed by atoms with Gasteiger partial charge in [-0.15, -0.1) is 0 Å². The molecule has 0 saturated heterocycles. The summed E-state index contributed by atoms with van der Waals surface area (Å²) in [4.78, 5) is 48.2. The minimum atomic E-state index is -1.04. The van der Waals surface area contributed by atoms with Crippen molar-refractivity contribution in [1.82, 2.24) is 10.2 Å². The molecule has 0 aliphatic rings. The minimum Gasteiger partial charge on any atom is -0.465 e. The first kappa shape index (κ1) is 19.5. The van der Waals surface area contributed by atoms with Gasteiger partial charge in [-0.1, -0.05) is 0 Å². The van der Waals surface area contributed by atoms with E-state index in [1.54, 1.807) is 24.4 Å². The van der Waals surface area contributed by atoms with Crippen LogP contribution in [0.4, 0.5) is 11.4 Å². The number of rotatable bonds is 4. The third kappa shape index (κ3) is 4.21. The van der Waals surface area contributed by atoms with E-state index in [1.807, 2.05) is 0 Å². The van der Waals surface area contributed by atoms with E-state index >= 15 is 0 Å². The Morgan fingerprint density at radius 1 is 0.897 bits per heavy atom. The Balaban J connectivity index is 1.81. The summed E-state index contributed by atoms with van der Waals surface area (Å²) in [6, 6.07) is 8.80. The van der Waals surface area contributed by atoms with Gasteiger partial charge in [-0.25, -0.2) is 9.59 Å². The number of methoxy groups -OCH3 is 2. The predicted octanol–water partition coefficient (Wildman–Crippen LogP) is 1.71. The number of H-pyrrole nitrogens is 1.